The first-order valence-corrected chi connectivity index (χ1v) is 14.4. The summed E-state index contributed by atoms with van der Waals surface area (Å²) in [5.41, 5.74) is 1.39. The molecule has 200 valence electrons. The van der Waals surface area contributed by atoms with Gasteiger partial charge in [0.05, 0.1) is 30.7 Å². The zero-order valence-electron chi connectivity index (χ0n) is 21.5. The van der Waals surface area contributed by atoms with Gasteiger partial charge < -0.3 is 14.8 Å². The van der Waals surface area contributed by atoms with Crippen LogP contribution in [0, 0.1) is 11.6 Å². The topological polar surface area (TPSA) is 85.7 Å². The van der Waals surface area contributed by atoms with Crippen molar-refractivity contribution in [3.8, 4) is 22.8 Å². The predicted octanol–water partition coefficient (Wildman–Crippen LogP) is 6.75. The standard InChI is InChI=1S/C27H32F2N4O3S.H2/c1-17(2)33-37(4,34)16-19-11-26-31-25-14-22(23(29)15-30-25)21-9-8-20(28)13-24(21)35-10-6-5-7-18(3)36-27(12-19)32-26;/h8-9,11-15,17-18H,5-7,10,16H2,1-4H3,(H,30,31,32);1H. The molecule has 1 aliphatic heterocycles. The van der Waals surface area contributed by atoms with Gasteiger partial charge in [0.1, 0.15) is 29.0 Å². The maximum atomic E-state index is 14.9. The number of nitrogens with one attached hydrogen (secondary N) is 1. The van der Waals surface area contributed by atoms with Crippen molar-refractivity contribution < 1.29 is 23.9 Å². The molecule has 0 amide bonds. The molecule has 0 saturated carbocycles. The molecule has 4 rings (SSSR count). The van der Waals surface area contributed by atoms with Crippen molar-refractivity contribution >= 4 is 21.4 Å². The summed E-state index contributed by atoms with van der Waals surface area (Å²) in [6.07, 6.45) is 4.87. The van der Waals surface area contributed by atoms with Gasteiger partial charge in [-0.2, -0.15) is 4.98 Å². The normalized spacial score (nSPS) is 17.5. The van der Waals surface area contributed by atoms with Gasteiger partial charge in [0.25, 0.3) is 0 Å². The highest BCUT2D eigenvalue weighted by atomic mass is 32.2. The summed E-state index contributed by atoms with van der Waals surface area (Å²) in [6.45, 7) is 6.09. The number of halogens is 2. The first-order chi connectivity index (χ1) is 17.6. The van der Waals surface area contributed by atoms with E-state index in [4.69, 9.17) is 9.47 Å². The Bertz CT molecular complexity index is 1400. The molecule has 37 heavy (non-hydrogen) atoms. The lowest BCUT2D eigenvalue weighted by atomic mass is 10.0. The van der Waals surface area contributed by atoms with E-state index in [9.17, 15) is 13.0 Å². The van der Waals surface area contributed by atoms with Gasteiger partial charge in [-0.05, 0) is 69.9 Å². The zero-order valence-corrected chi connectivity index (χ0v) is 22.3. The fourth-order valence-electron chi connectivity index (χ4n) is 4.22. The summed E-state index contributed by atoms with van der Waals surface area (Å²) in [5, 5.41) is 3.11. The number of rotatable bonds is 3. The molecule has 1 aliphatic rings. The molecule has 2 unspecified atom stereocenters. The highest BCUT2D eigenvalue weighted by Crippen LogP contribution is 2.34. The van der Waals surface area contributed by atoms with Crippen molar-refractivity contribution in [3.05, 3.63) is 59.8 Å². The Hall–Kier alpha value is -3.27. The summed E-state index contributed by atoms with van der Waals surface area (Å²) in [6, 6.07) is 9.04. The second-order valence-corrected chi connectivity index (χ2v) is 12.0. The largest absolute Gasteiger partial charge is 0.493 e. The molecule has 0 spiro atoms. The number of benzene rings is 1. The van der Waals surface area contributed by atoms with Crippen LogP contribution in [0.15, 0.2) is 47.0 Å². The molecular weight excluding hydrogens is 498 g/mol. The lowest BCUT2D eigenvalue weighted by Gasteiger charge is -2.18. The molecule has 3 heterocycles. The Labute approximate surface area is 218 Å². The molecule has 0 radical (unpaired) electrons. The second-order valence-electron chi connectivity index (χ2n) is 9.59. The summed E-state index contributed by atoms with van der Waals surface area (Å²) in [7, 11) is -2.48. The molecule has 1 aromatic carbocycles. The Kier molecular flexibility index (Phi) is 8.26. The van der Waals surface area contributed by atoms with Crippen LogP contribution in [0.1, 0.15) is 47.0 Å². The van der Waals surface area contributed by atoms with Crippen LogP contribution < -0.4 is 14.8 Å². The first kappa shape index (κ1) is 26.8. The highest BCUT2D eigenvalue weighted by molar-refractivity contribution is 7.92. The summed E-state index contributed by atoms with van der Waals surface area (Å²) < 4.78 is 58.3. The Morgan fingerprint density at radius 3 is 2.76 bits per heavy atom. The van der Waals surface area contributed by atoms with Gasteiger partial charge in [0.15, 0.2) is 0 Å². The number of hydrogen-bond donors (Lipinski definition) is 1. The Morgan fingerprint density at radius 1 is 1.16 bits per heavy atom. The van der Waals surface area contributed by atoms with E-state index in [1.807, 2.05) is 20.8 Å². The molecule has 4 bridgehead atoms. The minimum Gasteiger partial charge on any atom is -0.493 e. The fraction of sp³-hybridized carbons (Fsp3) is 0.407. The molecule has 7 nitrogen and oxygen atoms in total. The first-order valence-electron chi connectivity index (χ1n) is 12.3. The molecule has 0 aliphatic carbocycles. The summed E-state index contributed by atoms with van der Waals surface area (Å²) in [4.78, 5) is 8.73. The molecule has 2 atom stereocenters. The van der Waals surface area contributed by atoms with Gasteiger partial charge in [-0.25, -0.2) is 22.3 Å². The van der Waals surface area contributed by atoms with Crippen LogP contribution in [0.2, 0.25) is 0 Å². The molecular formula is C27H34F2N4O3S. The van der Waals surface area contributed by atoms with E-state index < -0.39 is 21.4 Å². The smallest absolute Gasteiger partial charge is 0.215 e. The maximum Gasteiger partial charge on any atom is 0.215 e. The van der Waals surface area contributed by atoms with E-state index in [0.717, 1.165) is 24.6 Å². The van der Waals surface area contributed by atoms with E-state index in [-0.39, 0.29) is 30.6 Å². The van der Waals surface area contributed by atoms with E-state index in [1.165, 1.54) is 24.3 Å². The van der Waals surface area contributed by atoms with Crippen LogP contribution in [-0.2, 0) is 15.5 Å². The third-order valence-corrected chi connectivity index (χ3v) is 7.40. The van der Waals surface area contributed by atoms with E-state index in [0.29, 0.717) is 36.1 Å². The average Bonchev–Trinajstić information content (AvgIpc) is 2.78. The number of fused-ring (bicyclic) bond motifs is 6. The number of anilines is 2. The molecule has 3 aromatic rings. The average molecular weight is 533 g/mol. The number of aromatic nitrogens is 2. The SMILES string of the molecule is CC(C)N=S(C)(=O)Cc1cc2nc(c1)OC(C)CCCCOc1cc(F)ccc1-c1cc(ncc1F)N2.[HH]. The zero-order chi connectivity index (χ0) is 26.6. The van der Waals surface area contributed by atoms with Gasteiger partial charge in [-0.3, -0.25) is 0 Å². The quantitative estimate of drug-likeness (QED) is 0.402. The number of pyridine rings is 2. The van der Waals surface area contributed by atoms with Crippen LogP contribution in [0.3, 0.4) is 0 Å². The fourth-order valence-corrected chi connectivity index (χ4v) is 5.97. The van der Waals surface area contributed by atoms with Gasteiger partial charge >= 0.3 is 0 Å². The van der Waals surface area contributed by atoms with E-state index >= 15 is 0 Å². The number of ether oxygens (including phenoxy) is 2. The monoisotopic (exact) mass is 532 g/mol. The van der Waals surface area contributed by atoms with Crippen molar-refractivity contribution in [1.82, 2.24) is 9.97 Å². The molecule has 10 heteroatoms. The number of nitrogens with zero attached hydrogens (tertiary/aromatic N) is 3. The Balaban J connectivity index is 0.00000400. The third-order valence-electron chi connectivity index (χ3n) is 5.66. The van der Waals surface area contributed by atoms with Gasteiger partial charge in [-0.1, -0.05) is 0 Å². The maximum absolute atomic E-state index is 14.9. The molecule has 0 saturated heterocycles. The lowest BCUT2D eigenvalue weighted by Crippen LogP contribution is -2.14. The molecule has 1 N–H and O–H groups in total. The number of hydrogen-bond acceptors (Lipinski definition) is 7. The van der Waals surface area contributed by atoms with Gasteiger partial charge in [0, 0.05) is 40.7 Å². The van der Waals surface area contributed by atoms with E-state index in [2.05, 4.69) is 19.6 Å². The van der Waals surface area contributed by atoms with Crippen LogP contribution in [0.4, 0.5) is 20.4 Å². The highest BCUT2D eigenvalue weighted by Gasteiger charge is 2.17. The minimum absolute atomic E-state index is 0. The van der Waals surface area contributed by atoms with E-state index in [1.54, 1.807) is 18.4 Å². The summed E-state index contributed by atoms with van der Waals surface area (Å²) in [5.74, 6) is 0.585. The van der Waals surface area contributed by atoms with Crippen LogP contribution in [-0.4, -0.2) is 39.2 Å². The van der Waals surface area contributed by atoms with Crippen LogP contribution >= 0.6 is 0 Å². The minimum atomic E-state index is -2.48. The lowest BCUT2D eigenvalue weighted by molar-refractivity contribution is 0.194. The molecule has 0 fully saturated rings. The predicted molar refractivity (Wildman–Crippen MR) is 144 cm³/mol. The van der Waals surface area contributed by atoms with Crippen LogP contribution in [0.5, 0.6) is 11.6 Å². The van der Waals surface area contributed by atoms with Crippen molar-refractivity contribution in [2.24, 2.45) is 4.36 Å². The van der Waals surface area contributed by atoms with Gasteiger partial charge in [-0.15, -0.1) is 0 Å². The Morgan fingerprint density at radius 2 is 1.97 bits per heavy atom. The van der Waals surface area contributed by atoms with Crippen LogP contribution in [0.25, 0.3) is 11.1 Å². The molecule has 2 aromatic heterocycles. The second kappa shape index (κ2) is 11.4. The van der Waals surface area contributed by atoms with Gasteiger partial charge in [0.2, 0.25) is 5.88 Å². The van der Waals surface area contributed by atoms with Crippen molar-refractivity contribution in [2.75, 3.05) is 18.2 Å². The third kappa shape index (κ3) is 7.38. The van der Waals surface area contributed by atoms with Crippen molar-refractivity contribution in [3.63, 3.8) is 0 Å². The van der Waals surface area contributed by atoms with Crippen molar-refractivity contribution in [1.29, 1.82) is 0 Å². The van der Waals surface area contributed by atoms with Crippen molar-refractivity contribution in [2.45, 2.75) is 57.9 Å². The summed E-state index contributed by atoms with van der Waals surface area (Å²) >= 11 is 0.